The van der Waals surface area contributed by atoms with Crippen LogP contribution in [0.3, 0.4) is 0 Å². The van der Waals surface area contributed by atoms with Gasteiger partial charge in [-0.3, -0.25) is 28.9 Å². The van der Waals surface area contributed by atoms with E-state index in [4.69, 9.17) is 28.4 Å². The molecular weight excluding hydrogens is 606 g/mol. The van der Waals surface area contributed by atoms with Crippen molar-refractivity contribution in [3.05, 3.63) is 12.2 Å². The second-order valence-corrected chi connectivity index (χ2v) is 12.2. The van der Waals surface area contributed by atoms with Crippen LogP contribution in [0, 0.1) is 0 Å². The van der Waals surface area contributed by atoms with Crippen molar-refractivity contribution in [2.45, 2.75) is 84.5 Å². The van der Waals surface area contributed by atoms with Crippen LogP contribution in [0.25, 0.3) is 0 Å². The summed E-state index contributed by atoms with van der Waals surface area (Å²) in [6.45, 7) is 13.1. The molecular formula is C31H51N3O12. The van der Waals surface area contributed by atoms with Gasteiger partial charge in [0, 0.05) is 44.5 Å². The van der Waals surface area contributed by atoms with E-state index in [0.717, 1.165) is 4.90 Å². The van der Waals surface area contributed by atoms with Gasteiger partial charge in [0.05, 0.1) is 52.9 Å². The van der Waals surface area contributed by atoms with Gasteiger partial charge in [-0.25, -0.2) is 4.79 Å². The summed E-state index contributed by atoms with van der Waals surface area (Å²) in [7, 11) is 0. The Labute approximate surface area is 271 Å². The Balaban J connectivity index is 2.05. The minimum Gasteiger partial charge on any atom is -0.460 e. The minimum absolute atomic E-state index is 0.0108. The lowest BCUT2D eigenvalue weighted by Gasteiger charge is -2.25. The highest BCUT2D eigenvalue weighted by Gasteiger charge is 2.28. The van der Waals surface area contributed by atoms with Gasteiger partial charge in [-0.1, -0.05) is 0 Å². The van der Waals surface area contributed by atoms with Gasteiger partial charge in [0.1, 0.15) is 17.2 Å². The van der Waals surface area contributed by atoms with Crippen molar-refractivity contribution in [2.24, 2.45) is 0 Å². The Kier molecular flexibility index (Phi) is 18.9. The van der Waals surface area contributed by atoms with Gasteiger partial charge < -0.3 is 39.1 Å². The molecule has 0 bridgehead atoms. The number of nitrogens with one attached hydrogen (secondary N) is 2. The average molecular weight is 658 g/mol. The van der Waals surface area contributed by atoms with E-state index in [1.807, 2.05) is 0 Å². The zero-order chi connectivity index (χ0) is 34.6. The molecule has 0 spiro atoms. The predicted molar refractivity (Wildman–Crippen MR) is 164 cm³/mol. The molecule has 1 aliphatic rings. The lowest BCUT2D eigenvalue weighted by molar-refractivity contribution is -0.160. The molecule has 0 radical (unpaired) electrons. The first kappa shape index (κ1) is 40.6. The average Bonchev–Trinajstić information content (AvgIpc) is 3.26. The highest BCUT2D eigenvalue weighted by atomic mass is 16.6. The Bertz CT molecular complexity index is 1010. The van der Waals surface area contributed by atoms with Gasteiger partial charge in [-0.15, -0.1) is 0 Å². The summed E-state index contributed by atoms with van der Waals surface area (Å²) in [4.78, 5) is 72.8. The van der Waals surface area contributed by atoms with Gasteiger partial charge in [0.25, 0.3) is 11.8 Å². The number of hydrogen-bond donors (Lipinski definition) is 2. The normalized spacial score (nSPS) is 13.9. The van der Waals surface area contributed by atoms with Crippen LogP contribution >= 0.6 is 0 Å². The van der Waals surface area contributed by atoms with Crippen LogP contribution in [0.15, 0.2) is 12.2 Å². The van der Waals surface area contributed by atoms with Crippen LogP contribution in [0.2, 0.25) is 0 Å². The van der Waals surface area contributed by atoms with Crippen molar-refractivity contribution in [1.29, 1.82) is 0 Å². The third-order valence-electron chi connectivity index (χ3n) is 5.70. The second kappa shape index (κ2) is 21.4. The molecule has 0 fully saturated rings. The number of esters is 2. The first-order valence-electron chi connectivity index (χ1n) is 15.4. The Morgan fingerprint density at radius 1 is 0.674 bits per heavy atom. The smallest absolute Gasteiger partial charge is 0.329 e. The van der Waals surface area contributed by atoms with Crippen molar-refractivity contribution in [3.8, 4) is 0 Å². The Morgan fingerprint density at radius 2 is 1.17 bits per heavy atom. The van der Waals surface area contributed by atoms with E-state index in [1.54, 1.807) is 41.5 Å². The number of hydrogen-bond acceptors (Lipinski definition) is 12. The summed E-state index contributed by atoms with van der Waals surface area (Å²) >= 11 is 0. The fourth-order valence-corrected chi connectivity index (χ4v) is 3.69. The molecule has 0 saturated carbocycles. The van der Waals surface area contributed by atoms with Gasteiger partial charge in [-0.2, -0.15) is 0 Å². The molecule has 15 nitrogen and oxygen atoms in total. The summed E-state index contributed by atoms with van der Waals surface area (Å²) in [6.07, 6.45) is 2.38. The highest BCUT2D eigenvalue weighted by Crippen LogP contribution is 2.14. The van der Waals surface area contributed by atoms with Crippen molar-refractivity contribution in [1.82, 2.24) is 15.5 Å². The summed E-state index contributed by atoms with van der Waals surface area (Å²) in [6, 6.07) is -0.996. The van der Waals surface area contributed by atoms with E-state index < -0.39 is 46.9 Å². The van der Waals surface area contributed by atoms with E-state index in [0.29, 0.717) is 39.6 Å². The number of amides is 4. The van der Waals surface area contributed by atoms with Crippen molar-refractivity contribution >= 4 is 35.6 Å². The molecule has 4 amide bonds. The van der Waals surface area contributed by atoms with Crippen LogP contribution < -0.4 is 10.6 Å². The van der Waals surface area contributed by atoms with E-state index in [9.17, 15) is 28.8 Å². The first-order chi connectivity index (χ1) is 21.6. The number of rotatable bonds is 23. The molecule has 0 unspecified atom stereocenters. The van der Waals surface area contributed by atoms with Crippen LogP contribution in [-0.2, 0) is 57.2 Å². The highest BCUT2D eigenvalue weighted by molar-refractivity contribution is 6.13. The topological polar surface area (TPSA) is 185 Å². The molecule has 0 aromatic heterocycles. The van der Waals surface area contributed by atoms with Crippen LogP contribution in [0.4, 0.5) is 0 Å². The van der Waals surface area contributed by atoms with E-state index in [-0.39, 0.29) is 58.0 Å². The number of nitrogens with zero attached hydrogens (tertiary/aromatic N) is 1. The van der Waals surface area contributed by atoms with Gasteiger partial charge in [0.2, 0.25) is 11.8 Å². The fourth-order valence-electron chi connectivity index (χ4n) is 3.69. The maximum absolute atomic E-state index is 12.6. The van der Waals surface area contributed by atoms with E-state index in [1.165, 1.54) is 12.2 Å². The quantitative estimate of drug-likeness (QED) is 0.0897. The zero-order valence-corrected chi connectivity index (χ0v) is 28.0. The molecule has 1 heterocycles. The Morgan fingerprint density at radius 3 is 1.70 bits per heavy atom. The van der Waals surface area contributed by atoms with Crippen LogP contribution in [0.5, 0.6) is 0 Å². The molecule has 1 atom stereocenters. The van der Waals surface area contributed by atoms with E-state index in [2.05, 4.69) is 10.6 Å². The standard InChI is InChI=1S/C31H51N3O12/c1-30(2,3)45-28(39)10-7-23(29(40)46-31(4,5)6)33-25(36)12-15-41-17-19-43-21-22-44-20-18-42-16-13-32-24(35)11-14-34-26(37)8-9-27(34)38/h8-9,23H,7,10-22H2,1-6H3,(H,32,35)(H,33,36)/t23-/m0/s1. The molecule has 0 aromatic carbocycles. The monoisotopic (exact) mass is 657 g/mol. The SMILES string of the molecule is CC(C)(C)OC(=O)CC[C@H](NC(=O)CCOCCOCCOCCOCCNC(=O)CCN1C(=O)C=CC1=O)C(=O)OC(C)(C)C. The summed E-state index contributed by atoms with van der Waals surface area (Å²) in [5.74, 6) is -2.63. The maximum Gasteiger partial charge on any atom is 0.329 e. The van der Waals surface area contributed by atoms with Crippen LogP contribution in [-0.4, -0.2) is 124 Å². The first-order valence-corrected chi connectivity index (χ1v) is 15.4. The van der Waals surface area contributed by atoms with E-state index >= 15 is 0 Å². The van der Waals surface area contributed by atoms with Gasteiger partial charge >= 0.3 is 11.9 Å². The second-order valence-electron chi connectivity index (χ2n) is 12.2. The number of carbonyl (C=O) groups is 6. The molecule has 15 heteroatoms. The van der Waals surface area contributed by atoms with Crippen molar-refractivity contribution in [3.63, 3.8) is 0 Å². The lowest BCUT2D eigenvalue weighted by atomic mass is 10.1. The third-order valence-corrected chi connectivity index (χ3v) is 5.70. The van der Waals surface area contributed by atoms with Crippen LogP contribution in [0.1, 0.15) is 67.2 Å². The third kappa shape index (κ3) is 20.6. The molecule has 2 N–H and O–H groups in total. The summed E-state index contributed by atoms with van der Waals surface area (Å²) in [5, 5.41) is 5.28. The summed E-state index contributed by atoms with van der Waals surface area (Å²) < 4.78 is 32.3. The van der Waals surface area contributed by atoms with Crippen molar-refractivity contribution in [2.75, 3.05) is 65.9 Å². The molecule has 1 aliphatic heterocycles. The lowest BCUT2D eigenvalue weighted by Crippen LogP contribution is -2.44. The number of imide groups is 1. The van der Waals surface area contributed by atoms with Gasteiger partial charge in [-0.05, 0) is 48.0 Å². The van der Waals surface area contributed by atoms with Crippen molar-refractivity contribution < 1.29 is 57.2 Å². The molecule has 46 heavy (non-hydrogen) atoms. The number of ether oxygens (including phenoxy) is 6. The summed E-state index contributed by atoms with van der Waals surface area (Å²) in [5.41, 5.74) is -1.41. The molecule has 0 saturated heterocycles. The molecule has 0 aliphatic carbocycles. The minimum atomic E-state index is -0.996. The van der Waals surface area contributed by atoms with Gasteiger partial charge in [0.15, 0.2) is 0 Å². The maximum atomic E-state index is 12.6. The molecule has 1 rings (SSSR count). The Hall–Kier alpha value is -3.40. The number of carbonyl (C=O) groups excluding carboxylic acids is 6. The fraction of sp³-hybridized carbons (Fsp3) is 0.742. The predicted octanol–water partition coefficient (Wildman–Crippen LogP) is 0.823. The largest absolute Gasteiger partial charge is 0.460 e. The molecule has 0 aromatic rings. The molecule has 262 valence electrons. The zero-order valence-electron chi connectivity index (χ0n) is 28.0.